The molecule has 0 radical (unpaired) electrons. The molecule has 0 aliphatic carbocycles. The fourth-order valence-electron chi connectivity index (χ4n) is 3.72. The van der Waals surface area contributed by atoms with Crippen LogP contribution >= 0.6 is 11.3 Å². The van der Waals surface area contributed by atoms with E-state index >= 15 is 0 Å². The predicted octanol–water partition coefficient (Wildman–Crippen LogP) is 3.52. The number of benzene rings is 1. The SMILES string of the molecule is COc1cccc(CCNc2ncnc3sc(C(=O)N(C)[C@@H]4CCOC4)c(C)c23)c1. The number of nitrogens with zero attached hydrogens (tertiary/aromatic N) is 3. The first-order valence-corrected chi connectivity index (χ1v) is 10.9. The first kappa shape index (κ1) is 20.6. The molecule has 0 bridgehead atoms. The number of carbonyl (C=O) groups excluding carboxylic acids is 1. The highest BCUT2D eigenvalue weighted by Crippen LogP contribution is 2.34. The van der Waals surface area contributed by atoms with Crippen molar-refractivity contribution in [2.24, 2.45) is 0 Å². The van der Waals surface area contributed by atoms with Crippen LogP contribution in [0.3, 0.4) is 0 Å². The highest BCUT2D eigenvalue weighted by molar-refractivity contribution is 7.20. The van der Waals surface area contributed by atoms with Crippen molar-refractivity contribution in [2.45, 2.75) is 25.8 Å². The number of amides is 1. The van der Waals surface area contributed by atoms with Crippen molar-refractivity contribution in [3.63, 3.8) is 0 Å². The van der Waals surface area contributed by atoms with Crippen LogP contribution in [0.15, 0.2) is 30.6 Å². The van der Waals surface area contributed by atoms with Crippen molar-refractivity contribution in [1.29, 1.82) is 0 Å². The maximum atomic E-state index is 13.1. The average Bonchev–Trinajstić information content (AvgIpc) is 3.42. The van der Waals surface area contributed by atoms with Gasteiger partial charge >= 0.3 is 0 Å². The van der Waals surface area contributed by atoms with Crippen LogP contribution in [0.25, 0.3) is 10.2 Å². The number of methoxy groups -OCH3 is 1. The summed E-state index contributed by atoms with van der Waals surface area (Å²) in [6.45, 7) is 4.00. The van der Waals surface area contributed by atoms with Crippen LogP contribution in [0.1, 0.15) is 27.2 Å². The first-order valence-electron chi connectivity index (χ1n) is 10.0. The standard InChI is InChI=1S/C22H26N4O3S/c1-14-18-20(23-9-7-15-5-4-6-17(11-15)28-3)24-13-25-21(18)30-19(14)22(27)26(2)16-8-10-29-12-16/h4-6,11,13,16H,7-10,12H2,1-3H3,(H,23,24,25)/t16-/m1/s1. The van der Waals surface area contributed by atoms with Crippen LogP contribution < -0.4 is 10.1 Å². The molecule has 4 rings (SSSR count). The molecule has 1 amide bonds. The summed E-state index contributed by atoms with van der Waals surface area (Å²) in [5, 5.41) is 4.34. The van der Waals surface area contributed by atoms with E-state index in [0.29, 0.717) is 13.2 Å². The molecule has 1 atom stereocenters. The van der Waals surface area contributed by atoms with E-state index in [-0.39, 0.29) is 11.9 Å². The minimum absolute atomic E-state index is 0.0216. The third kappa shape index (κ3) is 4.11. The molecule has 8 heteroatoms. The fraction of sp³-hybridized carbons (Fsp3) is 0.409. The zero-order chi connectivity index (χ0) is 21.1. The quantitative estimate of drug-likeness (QED) is 0.623. The molecule has 3 heterocycles. The van der Waals surface area contributed by atoms with E-state index < -0.39 is 0 Å². The van der Waals surface area contributed by atoms with Gasteiger partial charge in [0.05, 0.1) is 30.0 Å². The van der Waals surface area contributed by atoms with Crippen LogP contribution in [0.4, 0.5) is 5.82 Å². The number of anilines is 1. The van der Waals surface area contributed by atoms with E-state index in [1.54, 1.807) is 18.3 Å². The van der Waals surface area contributed by atoms with Crippen molar-refractivity contribution < 1.29 is 14.3 Å². The van der Waals surface area contributed by atoms with E-state index in [9.17, 15) is 4.79 Å². The lowest BCUT2D eigenvalue weighted by Gasteiger charge is -2.22. The second-order valence-electron chi connectivity index (χ2n) is 7.42. The molecule has 1 aromatic carbocycles. The molecule has 1 aliphatic heterocycles. The Morgan fingerprint density at radius 3 is 3.03 bits per heavy atom. The van der Waals surface area contributed by atoms with Crippen molar-refractivity contribution in [3.05, 3.63) is 46.6 Å². The van der Waals surface area contributed by atoms with Crippen LogP contribution in [0.5, 0.6) is 5.75 Å². The normalized spacial score (nSPS) is 16.0. The van der Waals surface area contributed by atoms with Crippen molar-refractivity contribution in [2.75, 3.05) is 39.2 Å². The topological polar surface area (TPSA) is 76.6 Å². The Hall–Kier alpha value is -2.71. The highest BCUT2D eigenvalue weighted by atomic mass is 32.1. The lowest BCUT2D eigenvalue weighted by molar-refractivity contribution is 0.0715. The van der Waals surface area contributed by atoms with Gasteiger partial charge in [-0.3, -0.25) is 4.79 Å². The Bertz CT molecular complexity index is 1050. The second-order valence-corrected chi connectivity index (χ2v) is 8.42. The second kappa shape index (κ2) is 8.97. The minimum Gasteiger partial charge on any atom is -0.497 e. The molecular formula is C22H26N4O3S. The van der Waals surface area contributed by atoms with Gasteiger partial charge in [0.25, 0.3) is 5.91 Å². The number of nitrogens with one attached hydrogen (secondary N) is 1. The number of carbonyl (C=O) groups is 1. The Morgan fingerprint density at radius 2 is 2.27 bits per heavy atom. The van der Waals surface area contributed by atoms with Gasteiger partial charge in [-0.1, -0.05) is 12.1 Å². The monoisotopic (exact) mass is 426 g/mol. The number of thiophene rings is 1. The zero-order valence-electron chi connectivity index (χ0n) is 17.5. The number of ether oxygens (including phenoxy) is 2. The summed E-state index contributed by atoms with van der Waals surface area (Å²) in [7, 11) is 3.52. The van der Waals surface area contributed by atoms with Gasteiger partial charge < -0.3 is 19.7 Å². The highest BCUT2D eigenvalue weighted by Gasteiger charge is 2.28. The molecule has 0 unspecified atom stereocenters. The van der Waals surface area contributed by atoms with E-state index in [4.69, 9.17) is 9.47 Å². The zero-order valence-corrected chi connectivity index (χ0v) is 18.3. The third-order valence-electron chi connectivity index (χ3n) is 5.54. The van der Waals surface area contributed by atoms with Crippen molar-refractivity contribution in [1.82, 2.24) is 14.9 Å². The molecule has 1 aliphatic rings. The average molecular weight is 427 g/mol. The maximum Gasteiger partial charge on any atom is 0.264 e. The summed E-state index contributed by atoms with van der Waals surface area (Å²) in [4.78, 5) is 25.3. The van der Waals surface area contributed by atoms with E-state index in [1.165, 1.54) is 16.9 Å². The van der Waals surface area contributed by atoms with Gasteiger partial charge in [0.1, 0.15) is 22.7 Å². The summed E-state index contributed by atoms with van der Waals surface area (Å²) in [5.41, 5.74) is 2.11. The van der Waals surface area contributed by atoms with Gasteiger partial charge in [-0.25, -0.2) is 9.97 Å². The Kier molecular flexibility index (Phi) is 6.15. The van der Waals surface area contributed by atoms with Gasteiger partial charge in [-0.05, 0) is 43.0 Å². The first-order chi connectivity index (χ1) is 14.6. The van der Waals surface area contributed by atoms with E-state index in [0.717, 1.165) is 51.6 Å². The molecule has 0 saturated carbocycles. The van der Waals surface area contributed by atoms with Gasteiger partial charge in [0.15, 0.2) is 0 Å². The summed E-state index contributed by atoms with van der Waals surface area (Å²) >= 11 is 1.43. The van der Waals surface area contributed by atoms with Crippen molar-refractivity contribution in [3.8, 4) is 5.75 Å². The Morgan fingerprint density at radius 1 is 1.40 bits per heavy atom. The predicted molar refractivity (Wildman–Crippen MR) is 119 cm³/mol. The molecule has 158 valence electrons. The number of likely N-dealkylation sites (N-methyl/N-ethyl adjacent to an activating group) is 1. The van der Waals surface area contributed by atoms with Crippen LogP contribution in [0, 0.1) is 6.92 Å². The van der Waals surface area contributed by atoms with E-state index in [1.807, 2.05) is 32.2 Å². The number of fused-ring (bicyclic) bond motifs is 1. The van der Waals surface area contributed by atoms with Crippen LogP contribution in [-0.4, -0.2) is 60.7 Å². The molecule has 1 fully saturated rings. The number of hydrogen-bond acceptors (Lipinski definition) is 7. The molecule has 1 N–H and O–H groups in total. The van der Waals surface area contributed by atoms with Gasteiger partial charge in [-0.15, -0.1) is 11.3 Å². The Labute approximate surface area is 180 Å². The molecular weight excluding hydrogens is 400 g/mol. The molecule has 3 aromatic rings. The molecule has 30 heavy (non-hydrogen) atoms. The lowest BCUT2D eigenvalue weighted by Crippen LogP contribution is -2.37. The number of aryl methyl sites for hydroxylation is 1. The minimum atomic E-state index is 0.0216. The molecule has 2 aromatic heterocycles. The fourth-order valence-corrected chi connectivity index (χ4v) is 4.85. The molecule has 1 saturated heterocycles. The smallest absolute Gasteiger partial charge is 0.264 e. The maximum absolute atomic E-state index is 13.1. The number of hydrogen-bond donors (Lipinski definition) is 1. The van der Waals surface area contributed by atoms with Gasteiger partial charge in [0.2, 0.25) is 0 Å². The van der Waals surface area contributed by atoms with Crippen molar-refractivity contribution >= 4 is 33.3 Å². The van der Waals surface area contributed by atoms with E-state index in [2.05, 4.69) is 21.4 Å². The largest absolute Gasteiger partial charge is 0.497 e. The lowest BCUT2D eigenvalue weighted by atomic mass is 10.1. The number of aromatic nitrogens is 2. The Balaban J connectivity index is 1.52. The van der Waals surface area contributed by atoms with Gasteiger partial charge in [-0.2, -0.15) is 0 Å². The van der Waals surface area contributed by atoms with Crippen LogP contribution in [-0.2, 0) is 11.2 Å². The summed E-state index contributed by atoms with van der Waals surface area (Å²) < 4.78 is 10.7. The molecule has 0 spiro atoms. The summed E-state index contributed by atoms with van der Waals surface area (Å²) in [6.07, 6.45) is 3.26. The summed E-state index contributed by atoms with van der Waals surface area (Å²) in [5.74, 6) is 1.64. The van der Waals surface area contributed by atoms with Crippen LogP contribution in [0.2, 0.25) is 0 Å². The van der Waals surface area contributed by atoms with Gasteiger partial charge in [0, 0.05) is 20.2 Å². The third-order valence-corrected chi connectivity index (χ3v) is 6.72. The molecule has 7 nitrogen and oxygen atoms in total. The number of rotatable bonds is 7. The summed E-state index contributed by atoms with van der Waals surface area (Å²) in [6, 6.07) is 8.17.